The summed E-state index contributed by atoms with van der Waals surface area (Å²) in [5, 5.41) is 0. The van der Waals surface area contributed by atoms with Gasteiger partial charge in [0.15, 0.2) is 0 Å². The van der Waals surface area contributed by atoms with Crippen LogP contribution in [0.5, 0.6) is 0 Å². The van der Waals surface area contributed by atoms with E-state index in [1.54, 1.807) is 6.21 Å². The predicted molar refractivity (Wildman–Crippen MR) is 26.7 cm³/mol. The van der Waals surface area contributed by atoms with Crippen LogP contribution in [0.15, 0.2) is 17.1 Å². The summed E-state index contributed by atoms with van der Waals surface area (Å²) in [7, 11) is 0. The zero-order valence-corrected chi connectivity index (χ0v) is 3.79. The molecule has 38 valence electrons. The number of nitrogens with zero attached hydrogens (tertiary/aromatic N) is 1. The highest BCUT2D eigenvalue weighted by atomic mass is 16.5. The highest BCUT2D eigenvalue weighted by Gasteiger charge is 1.89. The molecule has 1 heterocycles. The average molecular weight is 98.1 g/mol. The van der Waals surface area contributed by atoms with E-state index in [-0.39, 0.29) is 0 Å². The molecule has 3 heteroatoms. The van der Waals surface area contributed by atoms with Gasteiger partial charge >= 0.3 is 0 Å². The van der Waals surface area contributed by atoms with Crippen LogP contribution in [-0.2, 0) is 4.74 Å². The van der Waals surface area contributed by atoms with Crippen LogP contribution in [0.4, 0.5) is 0 Å². The summed E-state index contributed by atoms with van der Waals surface area (Å²) >= 11 is 0. The summed E-state index contributed by atoms with van der Waals surface area (Å²) in [5.41, 5.74) is 5.16. The van der Waals surface area contributed by atoms with Crippen LogP contribution in [0.2, 0.25) is 0 Å². The van der Waals surface area contributed by atoms with Gasteiger partial charge in [-0.1, -0.05) is 0 Å². The molecule has 7 heavy (non-hydrogen) atoms. The molecule has 0 aromatic rings. The van der Waals surface area contributed by atoms with E-state index in [1.165, 1.54) is 6.20 Å². The fourth-order valence-electron chi connectivity index (χ4n) is 0.340. The maximum atomic E-state index is 5.16. The molecule has 0 atom stereocenters. The van der Waals surface area contributed by atoms with Gasteiger partial charge in [-0.15, -0.1) is 0 Å². The van der Waals surface area contributed by atoms with Crippen molar-refractivity contribution < 1.29 is 4.74 Å². The Hall–Kier alpha value is -0.990. The molecule has 0 aliphatic carbocycles. The molecule has 0 fully saturated rings. The van der Waals surface area contributed by atoms with E-state index in [9.17, 15) is 0 Å². The van der Waals surface area contributed by atoms with E-state index in [2.05, 4.69) is 4.99 Å². The highest BCUT2D eigenvalue weighted by molar-refractivity contribution is 5.60. The normalized spacial score (nSPS) is 18.0. The lowest BCUT2D eigenvalue weighted by Gasteiger charge is -2.02. The molecule has 0 bridgehead atoms. The van der Waals surface area contributed by atoms with E-state index in [1.807, 2.05) is 0 Å². The number of hydrogen-bond acceptors (Lipinski definition) is 3. The Morgan fingerprint density at radius 1 is 1.86 bits per heavy atom. The number of aliphatic imine (C=N–C) groups is 1. The van der Waals surface area contributed by atoms with Crippen LogP contribution in [-0.4, -0.2) is 12.8 Å². The van der Waals surface area contributed by atoms with E-state index in [4.69, 9.17) is 10.5 Å². The molecule has 0 unspecified atom stereocenters. The number of nitrogens with two attached hydrogens (primary N) is 1. The summed E-state index contributed by atoms with van der Waals surface area (Å²) < 4.78 is 4.77. The minimum atomic E-state index is 0.391. The van der Waals surface area contributed by atoms with E-state index in [0.717, 1.165) is 0 Å². The van der Waals surface area contributed by atoms with Gasteiger partial charge in [-0.05, 0) is 0 Å². The molecule has 3 nitrogen and oxygen atoms in total. The van der Waals surface area contributed by atoms with Gasteiger partial charge in [0.25, 0.3) is 0 Å². The van der Waals surface area contributed by atoms with Gasteiger partial charge in [0.1, 0.15) is 6.61 Å². The lowest BCUT2D eigenvalue weighted by atomic mass is 10.7. The molecule has 0 saturated heterocycles. The maximum absolute atomic E-state index is 5.16. The SMILES string of the molecule is NC1=CN=CCO1. The second-order valence-electron chi connectivity index (χ2n) is 1.17. The molecule has 0 radical (unpaired) electrons. The highest BCUT2D eigenvalue weighted by Crippen LogP contribution is 1.90. The third kappa shape index (κ3) is 0.924. The van der Waals surface area contributed by atoms with Gasteiger partial charge in [0.05, 0.1) is 6.20 Å². The van der Waals surface area contributed by atoms with Gasteiger partial charge in [-0.25, -0.2) is 0 Å². The first-order chi connectivity index (χ1) is 3.39. The van der Waals surface area contributed by atoms with Gasteiger partial charge in [0, 0.05) is 6.21 Å². The zero-order chi connectivity index (χ0) is 5.11. The molecule has 0 aromatic carbocycles. The van der Waals surface area contributed by atoms with Crippen LogP contribution >= 0.6 is 0 Å². The van der Waals surface area contributed by atoms with Crippen LogP contribution in [0.3, 0.4) is 0 Å². The van der Waals surface area contributed by atoms with Gasteiger partial charge in [-0.2, -0.15) is 0 Å². The van der Waals surface area contributed by atoms with Crippen LogP contribution in [0, 0.1) is 0 Å². The second-order valence-corrected chi connectivity index (χ2v) is 1.17. The Morgan fingerprint density at radius 2 is 2.71 bits per heavy atom. The zero-order valence-electron chi connectivity index (χ0n) is 3.79. The Balaban J connectivity index is 2.57. The third-order valence-corrected chi connectivity index (χ3v) is 0.632. The van der Waals surface area contributed by atoms with Crippen LogP contribution in [0.1, 0.15) is 0 Å². The summed E-state index contributed by atoms with van der Waals surface area (Å²) in [6.45, 7) is 0.502. The first-order valence-electron chi connectivity index (χ1n) is 1.99. The minimum absolute atomic E-state index is 0.391. The van der Waals surface area contributed by atoms with Gasteiger partial charge in [-0.3, -0.25) is 4.99 Å². The topological polar surface area (TPSA) is 47.6 Å². The molecule has 0 aromatic heterocycles. The van der Waals surface area contributed by atoms with E-state index >= 15 is 0 Å². The van der Waals surface area contributed by atoms with Gasteiger partial charge < -0.3 is 10.5 Å². The molecule has 0 amide bonds. The summed E-state index contributed by atoms with van der Waals surface area (Å²) in [6.07, 6.45) is 3.12. The van der Waals surface area contributed by atoms with Crippen molar-refractivity contribution >= 4 is 6.21 Å². The molecular formula is C4H6N2O. The van der Waals surface area contributed by atoms with Crippen molar-refractivity contribution in [1.82, 2.24) is 0 Å². The largest absolute Gasteiger partial charge is 0.472 e. The lowest BCUT2D eigenvalue weighted by Crippen LogP contribution is -2.07. The smallest absolute Gasteiger partial charge is 0.203 e. The van der Waals surface area contributed by atoms with Crippen LogP contribution < -0.4 is 5.73 Å². The van der Waals surface area contributed by atoms with Crippen molar-refractivity contribution in [2.24, 2.45) is 10.7 Å². The third-order valence-electron chi connectivity index (χ3n) is 0.632. The molecule has 1 rings (SSSR count). The monoisotopic (exact) mass is 98.0 g/mol. The Labute approximate surface area is 41.5 Å². The van der Waals surface area contributed by atoms with Crippen molar-refractivity contribution in [3.05, 3.63) is 12.1 Å². The minimum Gasteiger partial charge on any atom is -0.472 e. The standard InChI is InChI=1S/C4H6N2O/c5-4-3-6-1-2-7-4/h1,3H,2,5H2. The average Bonchev–Trinajstić information content (AvgIpc) is 1.69. The Morgan fingerprint density at radius 3 is 3.00 bits per heavy atom. The first-order valence-corrected chi connectivity index (χ1v) is 1.99. The Kier molecular flexibility index (Phi) is 0.978. The number of hydrogen-bond donors (Lipinski definition) is 1. The van der Waals surface area contributed by atoms with Crippen molar-refractivity contribution in [1.29, 1.82) is 0 Å². The van der Waals surface area contributed by atoms with Crippen molar-refractivity contribution in [3.63, 3.8) is 0 Å². The number of rotatable bonds is 0. The number of ether oxygens (including phenoxy) is 1. The summed E-state index contributed by atoms with van der Waals surface area (Å²) in [6, 6.07) is 0. The van der Waals surface area contributed by atoms with Crippen molar-refractivity contribution in [2.45, 2.75) is 0 Å². The molecule has 1 aliphatic rings. The molecule has 1 aliphatic heterocycles. The van der Waals surface area contributed by atoms with Crippen molar-refractivity contribution in [3.8, 4) is 0 Å². The van der Waals surface area contributed by atoms with Gasteiger partial charge in [0.2, 0.25) is 5.88 Å². The predicted octanol–water partition coefficient (Wildman–Crippen LogP) is -0.155. The second kappa shape index (κ2) is 1.64. The molecule has 0 saturated carbocycles. The molecule has 2 N–H and O–H groups in total. The molecular weight excluding hydrogens is 92.1 g/mol. The molecule has 0 spiro atoms. The fourth-order valence-corrected chi connectivity index (χ4v) is 0.340. The maximum Gasteiger partial charge on any atom is 0.203 e. The lowest BCUT2D eigenvalue weighted by molar-refractivity contribution is 0.253. The first kappa shape index (κ1) is 4.18. The van der Waals surface area contributed by atoms with Crippen LogP contribution in [0.25, 0.3) is 0 Å². The van der Waals surface area contributed by atoms with Crippen molar-refractivity contribution in [2.75, 3.05) is 6.61 Å². The summed E-state index contributed by atoms with van der Waals surface area (Å²) in [4.78, 5) is 3.72. The van der Waals surface area contributed by atoms with E-state index in [0.29, 0.717) is 12.5 Å². The summed E-state index contributed by atoms with van der Waals surface area (Å²) in [5.74, 6) is 0.391. The van der Waals surface area contributed by atoms with E-state index < -0.39 is 0 Å². The Bertz CT molecular complexity index is 117. The fraction of sp³-hybridized carbons (Fsp3) is 0.250. The quantitative estimate of drug-likeness (QED) is 0.457.